The SMILES string of the molecule is Cc1cc(F)ccc1CC(N)C1CCS(=O)(=O)C1. The fourth-order valence-electron chi connectivity index (χ4n) is 2.47. The maximum Gasteiger partial charge on any atom is 0.150 e. The monoisotopic (exact) mass is 271 g/mol. The summed E-state index contributed by atoms with van der Waals surface area (Å²) in [5.41, 5.74) is 7.94. The number of halogens is 1. The van der Waals surface area contributed by atoms with Crippen molar-refractivity contribution in [2.75, 3.05) is 11.5 Å². The Kier molecular flexibility index (Phi) is 3.73. The fourth-order valence-corrected chi connectivity index (χ4v) is 4.37. The molecule has 2 unspecified atom stereocenters. The van der Waals surface area contributed by atoms with E-state index in [9.17, 15) is 12.8 Å². The molecule has 100 valence electrons. The molecule has 2 atom stereocenters. The van der Waals surface area contributed by atoms with Crippen LogP contribution in [0.1, 0.15) is 17.5 Å². The smallest absolute Gasteiger partial charge is 0.150 e. The van der Waals surface area contributed by atoms with Gasteiger partial charge in [-0.3, -0.25) is 0 Å². The van der Waals surface area contributed by atoms with Crippen LogP contribution in [-0.2, 0) is 16.3 Å². The molecule has 1 aromatic rings. The molecule has 3 nitrogen and oxygen atoms in total. The Morgan fingerprint density at radius 3 is 2.78 bits per heavy atom. The lowest BCUT2D eigenvalue weighted by molar-refractivity contribution is 0.460. The molecule has 0 bridgehead atoms. The summed E-state index contributed by atoms with van der Waals surface area (Å²) in [6, 6.07) is 4.45. The molecule has 1 saturated heterocycles. The summed E-state index contributed by atoms with van der Waals surface area (Å²) in [5.74, 6) is 0.204. The molecule has 0 aliphatic carbocycles. The molecule has 1 heterocycles. The summed E-state index contributed by atoms with van der Waals surface area (Å²) in [4.78, 5) is 0. The zero-order valence-electron chi connectivity index (χ0n) is 10.4. The first-order valence-corrected chi connectivity index (χ1v) is 7.90. The van der Waals surface area contributed by atoms with Crippen molar-refractivity contribution in [3.8, 4) is 0 Å². The maximum atomic E-state index is 13.0. The quantitative estimate of drug-likeness (QED) is 0.905. The third kappa shape index (κ3) is 3.09. The first-order chi connectivity index (χ1) is 8.37. The van der Waals surface area contributed by atoms with Crippen LogP contribution in [0.4, 0.5) is 4.39 Å². The van der Waals surface area contributed by atoms with Gasteiger partial charge in [0.15, 0.2) is 9.84 Å². The molecule has 18 heavy (non-hydrogen) atoms. The summed E-state index contributed by atoms with van der Waals surface area (Å²) in [6.45, 7) is 1.84. The average Bonchev–Trinajstić information content (AvgIpc) is 2.63. The largest absolute Gasteiger partial charge is 0.327 e. The number of aryl methyl sites for hydroxylation is 1. The predicted octanol–water partition coefficient (Wildman–Crippen LogP) is 1.44. The molecule has 1 aliphatic heterocycles. The van der Waals surface area contributed by atoms with Crippen molar-refractivity contribution < 1.29 is 12.8 Å². The Morgan fingerprint density at radius 1 is 1.50 bits per heavy atom. The summed E-state index contributed by atoms with van der Waals surface area (Å²) >= 11 is 0. The highest BCUT2D eigenvalue weighted by atomic mass is 32.2. The van der Waals surface area contributed by atoms with E-state index in [1.54, 1.807) is 6.07 Å². The Morgan fingerprint density at radius 2 is 2.22 bits per heavy atom. The summed E-state index contributed by atoms with van der Waals surface area (Å²) in [6.07, 6.45) is 1.25. The maximum absolute atomic E-state index is 13.0. The lowest BCUT2D eigenvalue weighted by atomic mass is 9.92. The van der Waals surface area contributed by atoms with Gasteiger partial charge in [-0.1, -0.05) is 6.07 Å². The highest BCUT2D eigenvalue weighted by molar-refractivity contribution is 7.91. The summed E-state index contributed by atoms with van der Waals surface area (Å²) in [5, 5.41) is 0. The Bertz CT molecular complexity index is 542. The second-order valence-electron chi connectivity index (χ2n) is 5.10. The van der Waals surface area contributed by atoms with Crippen LogP contribution in [0, 0.1) is 18.7 Å². The van der Waals surface area contributed by atoms with Crippen molar-refractivity contribution in [2.24, 2.45) is 11.7 Å². The van der Waals surface area contributed by atoms with Gasteiger partial charge in [0, 0.05) is 6.04 Å². The zero-order valence-corrected chi connectivity index (χ0v) is 11.2. The van der Waals surface area contributed by atoms with Crippen molar-refractivity contribution >= 4 is 9.84 Å². The predicted molar refractivity (Wildman–Crippen MR) is 69.6 cm³/mol. The van der Waals surface area contributed by atoms with Crippen LogP contribution < -0.4 is 5.73 Å². The second-order valence-corrected chi connectivity index (χ2v) is 7.33. The van der Waals surface area contributed by atoms with Crippen LogP contribution >= 0.6 is 0 Å². The van der Waals surface area contributed by atoms with Crippen molar-refractivity contribution in [1.29, 1.82) is 0 Å². The van der Waals surface area contributed by atoms with E-state index in [0.29, 0.717) is 12.8 Å². The van der Waals surface area contributed by atoms with Gasteiger partial charge in [-0.2, -0.15) is 0 Å². The highest BCUT2D eigenvalue weighted by Gasteiger charge is 2.32. The normalized spacial score (nSPS) is 24.1. The molecular formula is C13H18FNO2S. The van der Waals surface area contributed by atoms with Gasteiger partial charge in [0.2, 0.25) is 0 Å². The van der Waals surface area contributed by atoms with Crippen LogP contribution in [0.5, 0.6) is 0 Å². The van der Waals surface area contributed by atoms with Gasteiger partial charge in [0.25, 0.3) is 0 Å². The number of rotatable bonds is 3. The van der Waals surface area contributed by atoms with Crippen molar-refractivity contribution in [3.63, 3.8) is 0 Å². The minimum atomic E-state index is -2.89. The molecule has 0 saturated carbocycles. The third-order valence-corrected chi connectivity index (χ3v) is 5.43. The fraction of sp³-hybridized carbons (Fsp3) is 0.538. The van der Waals surface area contributed by atoms with Crippen molar-refractivity contribution in [3.05, 3.63) is 35.1 Å². The molecule has 1 fully saturated rings. The molecule has 0 spiro atoms. The third-order valence-electron chi connectivity index (χ3n) is 3.63. The van der Waals surface area contributed by atoms with Crippen molar-refractivity contribution in [2.45, 2.75) is 25.8 Å². The topological polar surface area (TPSA) is 60.2 Å². The summed E-state index contributed by atoms with van der Waals surface area (Å²) in [7, 11) is -2.89. The van der Waals surface area contributed by atoms with E-state index < -0.39 is 9.84 Å². The Balaban J connectivity index is 2.05. The minimum Gasteiger partial charge on any atom is -0.327 e. The van der Waals surface area contributed by atoms with E-state index in [-0.39, 0.29) is 29.3 Å². The number of nitrogens with two attached hydrogens (primary N) is 1. The molecule has 2 N–H and O–H groups in total. The minimum absolute atomic E-state index is 0.0273. The van der Waals surface area contributed by atoms with Gasteiger partial charge in [-0.15, -0.1) is 0 Å². The van der Waals surface area contributed by atoms with E-state index in [2.05, 4.69) is 0 Å². The zero-order chi connectivity index (χ0) is 13.3. The lowest BCUT2D eigenvalue weighted by Gasteiger charge is -2.18. The lowest BCUT2D eigenvalue weighted by Crippen LogP contribution is -2.33. The van der Waals surface area contributed by atoms with Gasteiger partial charge in [0.05, 0.1) is 11.5 Å². The molecule has 5 heteroatoms. The molecule has 0 amide bonds. The van der Waals surface area contributed by atoms with Crippen LogP contribution in [0.15, 0.2) is 18.2 Å². The first-order valence-electron chi connectivity index (χ1n) is 6.08. The van der Waals surface area contributed by atoms with Gasteiger partial charge < -0.3 is 5.73 Å². The average molecular weight is 271 g/mol. The van der Waals surface area contributed by atoms with Crippen LogP contribution in [0.25, 0.3) is 0 Å². The molecule has 0 aromatic heterocycles. The van der Waals surface area contributed by atoms with Gasteiger partial charge >= 0.3 is 0 Å². The molecule has 1 aliphatic rings. The van der Waals surface area contributed by atoms with E-state index >= 15 is 0 Å². The molecule has 1 aromatic carbocycles. The van der Waals surface area contributed by atoms with Gasteiger partial charge in [-0.25, -0.2) is 12.8 Å². The first kappa shape index (κ1) is 13.5. The van der Waals surface area contributed by atoms with E-state index in [1.165, 1.54) is 12.1 Å². The van der Waals surface area contributed by atoms with Crippen LogP contribution in [0.3, 0.4) is 0 Å². The molecular weight excluding hydrogens is 253 g/mol. The number of hydrogen-bond donors (Lipinski definition) is 1. The number of sulfone groups is 1. The summed E-state index contributed by atoms with van der Waals surface area (Å²) < 4.78 is 35.8. The highest BCUT2D eigenvalue weighted by Crippen LogP contribution is 2.23. The Hall–Kier alpha value is -0.940. The molecule has 0 radical (unpaired) electrons. The van der Waals surface area contributed by atoms with E-state index in [0.717, 1.165) is 11.1 Å². The number of hydrogen-bond acceptors (Lipinski definition) is 3. The van der Waals surface area contributed by atoms with Crippen molar-refractivity contribution in [1.82, 2.24) is 0 Å². The van der Waals surface area contributed by atoms with Gasteiger partial charge in [-0.05, 0) is 48.9 Å². The van der Waals surface area contributed by atoms with Gasteiger partial charge in [0.1, 0.15) is 5.82 Å². The van der Waals surface area contributed by atoms with Crippen LogP contribution in [-0.4, -0.2) is 26.0 Å². The number of benzene rings is 1. The van der Waals surface area contributed by atoms with E-state index in [1.807, 2.05) is 6.92 Å². The Labute approximate surface area is 107 Å². The standard InChI is InChI=1S/C13H18FNO2S/c1-9-6-12(14)3-2-10(9)7-13(15)11-4-5-18(16,17)8-11/h2-3,6,11,13H,4-5,7-8,15H2,1H3. The molecule has 2 rings (SSSR count). The second kappa shape index (κ2) is 4.97. The van der Waals surface area contributed by atoms with Crippen LogP contribution in [0.2, 0.25) is 0 Å². The van der Waals surface area contributed by atoms with E-state index in [4.69, 9.17) is 5.73 Å².